The van der Waals surface area contributed by atoms with E-state index in [1.54, 1.807) is 12.1 Å². The van der Waals surface area contributed by atoms with E-state index in [2.05, 4.69) is 10.0 Å². The molecule has 0 bridgehead atoms. The molecule has 0 aromatic heterocycles. The molecule has 8 nitrogen and oxygen atoms in total. The van der Waals surface area contributed by atoms with Crippen LogP contribution in [0.25, 0.3) is 0 Å². The molecule has 1 aromatic rings. The van der Waals surface area contributed by atoms with E-state index in [1.165, 1.54) is 17.0 Å². The molecule has 1 heterocycles. The predicted molar refractivity (Wildman–Crippen MR) is 104 cm³/mol. The van der Waals surface area contributed by atoms with Crippen molar-refractivity contribution in [3.63, 3.8) is 0 Å². The first kappa shape index (κ1) is 21.0. The minimum atomic E-state index is -3.51. The van der Waals surface area contributed by atoms with Crippen LogP contribution in [0.1, 0.15) is 25.7 Å². The third kappa shape index (κ3) is 6.44. The fourth-order valence-electron chi connectivity index (χ4n) is 3.53. The molecule has 0 unspecified atom stereocenters. The fourth-order valence-corrected chi connectivity index (χ4v) is 4.84. The SMILES string of the molecule is O=C(COc1ccc(S(=O)(=O)NC2CCCC2)cc1)NCC[NH+]1CCOCC1. The standard InChI is InChI=1S/C19H29N3O5S/c23-19(20-9-10-22-11-13-26-14-12-22)15-27-17-5-7-18(8-6-17)28(24,25)21-16-3-1-2-4-16/h5-8,16,21H,1-4,9-15H2,(H,20,23)/p+1. The monoisotopic (exact) mass is 412 g/mol. The molecule has 0 spiro atoms. The predicted octanol–water partition coefficient (Wildman–Crippen LogP) is -0.682. The maximum Gasteiger partial charge on any atom is 0.258 e. The van der Waals surface area contributed by atoms with Gasteiger partial charge in [0.25, 0.3) is 5.91 Å². The Morgan fingerprint density at radius 1 is 1.14 bits per heavy atom. The molecule has 1 amide bonds. The molecule has 3 N–H and O–H groups in total. The van der Waals surface area contributed by atoms with Crippen molar-refractivity contribution in [1.82, 2.24) is 10.0 Å². The number of rotatable bonds is 9. The quantitative estimate of drug-likeness (QED) is 0.499. The summed E-state index contributed by atoms with van der Waals surface area (Å²) in [5.74, 6) is 0.279. The number of carbonyl (C=O) groups excluding carboxylic acids is 1. The molecule has 1 aliphatic carbocycles. The minimum Gasteiger partial charge on any atom is -0.484 e. The number of nitrogens with one attached hydrogen (secondary N) is 3. The van der Waals surface area contributed by atoms with Gasteiger partial charge in [-0.15, -0.1) is 0 Å². The molecule has 1 aliphatic heterocycles. The van der Waals surface area contributed by atoms with Crippen molar-refractivity contribution in [1.29, 1.82) is 0 Å². The number of benzene rings is 1. The molecule has 1 saturated carbocycles. The number of quaternary nitrogens is 1. The Balaban J connectivity index is 1.39. The lowest BCUT2D eigenvalue weighted by Crippen LogP contribution is -3.14. The highest BCUT2D eigenvalue weighted by atomic mass is 32.2. The molecule has 2 fully saturated rings. The van der Waals surface area contributed by atoms with E-state index in [0.29, 0.717) is 12.3 Å². The van der Waals surface area contributed by atoms with Crippen LogP contribution >= 0.6 is 0 Å². The Labute approximate surface area is 166 Å². The van der Waals surface area contributed by atoms with E-state index in [9.17, 15) is 13.2 Å². The Morgan fingerprint density at radius 2 is 1.82 bits per heavy atom. The summed E-state index contributed by atoms with van der Waals surface area (Å²) in [6, 6.07) is 6.20. The second-order valence-electron chi connectivity index (χ2n) is 7.33. The van der Waals surface area contributed by atoms with Crippen LogP contribution in [0, 0.1) is 0 Å². The Morgan fingerprint density at radius 3 is 2.50 bits per heavy atom. The maximum atomic E-state index is 12.4. The van der Waals surface area contributed by atoms with Crippen LogP contribution in [0.4, 0.5) is 0 Å². The van der Waals surface area contributed by atoms with Crippen molar-refractivity contribution in [3.8, 4) is 5.75 Å². The van der Waals surface area contributed by atoms with Gasteiger partial charge in [-0.3, -0.25) is 4.79 Å². The zero-order valence-corrected chi connectivity index (χ0v) is 16.9. The van der Waals surface area contributed by atoms with E-state index in [-0.39, 0.29) is 23.5 Å². The van der Waals surface area contributed by atoms with Crippen molar-refractivity contribution in [3.05, 3.63) is 24.3 Å². The summed E-state index contributed by atoms with van der Waals surface area (Å²) in [5, 5.41) is 2.84. The van der Waals surface area contributed by atoms with Crippen molar-refractivity contribution in [2.24, 2.45) is 0 Å². The van der Waals surface area contributed by atoms with E-state index in [1.807, 2.05) is 0 Å². The third-order valence-corrected chi connectivity index (χ3v) is 6.72. The number of amides is 1. The molecule has 9 heteroatoms. The summed E-state index contributed by atoms with van der Waals surface area (Å²) in [7, 11) is -3.51. The highest BCUT2D eigenvalue weighted by Gasteiger charge is 2.22. The van der Waals surface area contributed by atoms with Crippen molar-refractivity contribution >= 4 is 15.9 Å². The molecule has 0 radical (unpaired) electrons. The average Bonchev–Trinajstić information content (AvgIpc) is 3.20. The molecule has 156 valence electrons. The first-order valence-corrected chi connectivity index (χ1v) is 11.4. The van der Waals surface area contributed by atoms with Gasteiger partial charge in [-0.05, 0) is 37.1 Å². The van der Waals surface area contributed by atoms with Gasteiger partial charge in [-0.1, -0.05) is 12.8 Å². The Bertz CT molecular complexity index is 726. The maximum absolute atomic E-state index is 12.4. The van der Waals surface area contributed by atoms with E-state index >= 15 is 0 Å². The molecule has 2 aliphatic rings. The molecule has 3 rings (SSSR count). The first-order chi connectivity index (χ1) is 13.5. The third-order valence-electron chi connectivity index (χ3n) is 5.18. The molecule has 1 saturated heterocycles. The van der Waals surface area contributed by atoms with E-state index in [4.69, 9.17) is 9.47 Å². The van der Waals surface area contributed by atoms with Gasteiger partial charge in [0.15, 0.2) is 6.61 Å². The Hall–Kier alpha value is -1.68. The first-order valence-electron chi connectivity index (χ1n) is 9.96. The summed E-state index contributed by atoms with van der Waals surface area (Å²) >= 11 is 0. The number of hydrogen-bond acceptors (Lipinski definition) is 5. The molecular formula is C19H30N3O5S+. The van der Waals surface area contributed by atoms with Gasteiger partial charge in [0.1, 0.15) is 18.8 Å². The molecule has 0 atom stereocenters. The van der Waals surface area contributed by atoms with Crippen LogP contribution in [0.3, 0.4) is 0 Å². The van der Waals surface area contributed by atoms with Gasteiger partial charge in [-0.2, -0.15) is 0 Å². The summed E-state index contributed by atoms with van der Waals surface area (Å²) in [6.07, 6.45) is 3.91. The number of carbonyl (C=O) groups is 1. The van der Waals surface area contributed by atoms with Gasteiger partial charge in [-0.25, -0.2) is 13.1 Å². The van der Waals surface area contributed by atoms with Crippen LogP contribution in [-0.2, 0) is 19.6 Å². The van der Waals surface area contributed by atoms with Crippen LogP contribution in [-0.4, -0.2) is 66.4 Å². The van der Waals surface area contributed by atoms with Gasteiger partial charge in [0, 0.05) is 6.04 Å². The number of sulfonamides is 1. The van der Waals surface area contributed by atoms with Crippen LogP contribution in [0.2, 0.25) is 0 Å². The van der Waals surface area contributed by atoms with Crippen LogP contribution < -0.4 is 19.7 Å². The lowest BCUT2D eigenvalue weighted by atomic mass is 10.3. The zero-order chi connectivity index (χ0) is 19.8. The summed E-state index contributed by atoms with van der Waals surface area (Å²) in [5.41, 5.74) is 0. The second kappa shape index (κ2) is 10.2. The lowest BCUT2D eigenvalue weighted by Gasteiger charge is -2.23. The van der Waals surface area contributed by atoms with Crippen LogP contribution in [0.15, 0.2) is 29.2 Å². The van der Waals surface area contributed by atoms with Gasteiger partial charge < -0.3 is 19.7 Å². The summed E-state index contributed by atoms with van der Waals surface area (Å²) < 4.78 is 38.3. The average molecular weight is 413 g/mol. The summed E-state index contributed by atoms with van der Waals surface area (Å²) in [6.45, 7) is 4.86. The fraction of sp³-hybridized carbons (Fsp3) is 0.632. The van der Waals surface area contributed by atoms with Crippen LogP contribution in [0.5, 0.6) is 5.75 Å². The molecular weight excluding hydrogens is 382 g/mol. The smallest absolute Gasteiger partial charge is 0.258 e. The van der Waals surface area contributed by atoms with E-state index in [0.717, 1.165) is 58.5 Å². The van der Waals surface area contributed by atoms with Gasteiger partial charge >= 0.3 is 0 Å². The largest absolute Gasteiger partial charge is 0.484 e. The van der Waals surface area contributed by atoms with Gasteiger partial charge in [0.05, 0.1) is 31.2 Å². The highest BCUT2D eigenvalue weighted by Crippen LogP contribution is 2.21. The summed E-state index contributed by atoms with van der Waals surface area (Å²) in [4.78, 5) is 13.5. The van der Waals surface area contributed by atoms with Gasteiger partial charge in [0.2, 0.25) is 10.0 Å². The zero-order valence-electron chi connectivity index (χ0n) is 16.1. The lowest BCUT2D eigenvalue weighted by molar-refractivity contribution is -0.906. The number of hydrogen-bond donors (Lipinski definition) is 3. The second-order valence-corrected chi connectivity index (χ2v) is 9.04. The molecule has 1 aromatic carbocycles. The number of ether oxygens (including phenoxy) is 2. The van der Waals surface area contributed by atoms with Crippen molar-refractivity contribution in [2.45, 2.75) is 36.6 Å². The van der Waals surface area contributed by atoms with E-state index < -0.39 is 10.0 Å². The van der Waals surface area contributed by atoms with Crippen molar-refractivity contribution < 1.29 is 27.6 Å². The highest BCUT2D eigenvalue weighted by molar-refractivity contribution is 7.89. The topological polar surface area (TPSA) is 98.2 Å². The van der Waals surface area contributed by atoms with Crippen molar-refractivity contribution in [2.75, 3.05) is 46.0 Å². The normalized spacial score (nSPS) is 18.9. The number of morpholine rings is 1. The Kier molecular flexibility index (Phi) is 7.66. The minimum absolute atomic E-state index is 0.0314. The molecule has 28 heavy (non-hydrogen) atoms.